The summed E-state index contributed by atoms with van der Waals surface area (Å²) in [7, 11) is 1.48. The molecule has 1 amide bonds. The zero-order valence-corrected chi connectivity index (χ0v) is 12.0. The minimum atomic E-state index is -0.306. The van der Waals surface area contributed by atoms with E-state index in [-0.39, 0.29) is 11.7 Å². The number of hydrogen-bond donors (Lipinski definition) is 2. The Labute approximate surface area is 127 Å². The van der Waals surface area contributed by atoms with Gasteiger partial charge in [-0.05, 0) is 12.1 Å². The highest BCUT2D eigenvalue weighted by atomic mass is 16.6. The summed E-state index contributed by atoms with van der Waals surface area (Å²) in [4.78, 5) is 11.9. The Morgan fingerprint density at radius 3 is 2.82 bits per heavy atom. The van der Waals surface area contributed by atoms with Crippen LogP contribution < -0.4 is 10.1 Å². The van der Waals surface area contributed by atoms with Crippen LogP contribution in [-0.2, 0) is 6.54 Å². The molecule has 6 heteroatoms. The average Bonchev–Trinajstić information content (AvgIpc) is 3.22. The van der Waals surface area contributed by atoms with Gasteiger partial charge < -0.3 is 14.5 Å². The first kappa shape index (κ1) is 13.9. The molecule has 3 aromatic rings. The molecular weight excluding hydrogens is 282 g/mol. The summed E-state index contributed by atoms with van der Waals surface area (Å²) in [5.74, 6) is 0.205. The molecule has 2 aromatic heterocycles. The minimum Gasteiger partial charge on any atom is -0.468 e. The third-order valence-electron chi connectivity index (χ3n) is 3.15. The number of H-pyrrole nitrogens is 1. The highest BCUT2D eigenvalue weighted by Gasteiger charge is 2.12. The van der Waals surface area contributed by atoms with E-state index in [9.17, 15) is 4.79 Å². The van der Waals surface area contributed by atoms with Crippen LogP contribution in [0.4, 0.5) is 0 Å². The van der Waals surface area contributed by atoms with E-state index < -0.39 is 0 Å². The standard InChI is InChI=1S/C16H15N3O3/c1-21-15-8-7-14(22-15)16(20)17-10-12-9-13(19-18-12)11-5-3-2-4-6-11/h2-9H,10H2,1H3,(H,17,20)(H,18,19). The summed E-state index contributed by atoms with van der Waals surface area (Å²) in [5.41, 5.74) is 2.67. The van der Waals surface area contributed by atoms with Crippen molar-refractivity contribution in [3.8, 4) is 17.2 Å². The molecule has 0 fully saturated rings. The largest absolute Gasteiger partial charge is 0.468 e. The summed E-state index contributed by atoms with van der Waals surface area (Å²) in [6, 6.07) is 14.9. The van der Waals surface area contributed by atoms with Crippen LogP contribution in [0.25, 0.3) is 11.3 Å². The molecule has 0 radical (unpaired) electrons. The van der Waals surface area contributed by atoms with E-state index in [4.69, 9.17) is 9.15 Å². The molecule has 0 aliphatic heterocycles. The fourth-order valence-corrected chi connectivity index (χ4v) is 2.02. The van der Waals surface area contributed by atoms with E-state index in [1.165, 1.54) is 7.11 Å². The van der Waals surface area contributed by atoms with Crippen LogP contribution in [0, 0.1) is 0 Å². The molecule has 22 heavy (non-hydrogen) atoms. The van der Waals surface area contributed by atoms with Gasteiger partial charge in [-0.25, -0.2) is 0 Å². The number of benzene rings is 1. The number of rotatable bonds is 5. The normalized spacial score (nSPS) is 10.4. The number of nitrogens with one attached hydrogen (secondary N) is 2. The lowest BCUT2D eigenvalue weighted by Gasteiger charge is -2.00. The predicted octanol–water partition coefficient (Wildman–Crippen LogP) is 2.61. The molecule has 6 nitrogen and oxygen atoms in total. The number of hydrogen-bond acceptors (Lipinski definition) is 4. The van der Waals surface area contributed by atoms with Crippen LogP contribution in [-0.4, -0.2) is 23.2 Å². The number of methoxy groups -OCH3 is 1. The number of amides is 1. The van der Waals surface area contributed by atoms with Crippen molar-refractivity contribution in [2.75, 3.05) is 7.11 Å². The van der Waals surface area contributed by atoms with Crippen molar-refractivity contribution < 1.29 is 13.9 Å². The average molecular weight is 297 g/mol. The van der Waals surface area contributed by atoms with Gasteiger partial charge in [0.1, 0.15) is 0 Å². The second-order valence-electron chi connectivity index (χ2n) is 4.65. The lowest BCUT2D eigenvalue weighted by molar-refractivity contribution is 0.0916. The molecule has 0 aliphatic carbocycles. The summed E-state index contributed by atoms with van der Waals surface area (Å²) in [6.07, 6.45) is 0. The summed E-state index contributed by atoms with van der Waals surface area (Å²) >= 11 is 0. The first-order valence-corrected chi connectivity index (χ1v) is 6.78. The molecule has 0 atom stereocenters. The van der Waals surface area contributed by atoms with Crippen molar-refractivity contribution in [1.82, 2.24) is 15.5 Å². The van der Waals surface area contributed by atoms with Crippen LogP contribution in [0.2, 0.25) is 0 Å². The Hall–Kier alpha value is -3.02. The predicted molar refractivity (Wildman–Crippen MR) is 80.5 cm³/mol. The van der Waals surface area contributed by atoms with E-state index in [0.29, 0.717) is 12.5 Å². The Balaban J connectivity index is 1.62. The molecule has 0 saturated heterocycles. The van der Waals surface area contributed by atoms with Crippen LogP contribution in [0.5, 0.6) is 5.95 Å². The van der Waals surface area contributed by atoms with Crippen molar-refractivity contribution in [2.45, 2.75) is 6.54 Å². The van der Waals surface area contributed by atoms with Crippen molar-refractivity contribution in [3.63, 3.8) is 0 Å². The Bertz CT molecular complexity index is 762. The number of carbonyl (C=O) groups excluding carboxylic acids is 1. The molecule has 0 bridgehead atoms. The lowest BCUT2D eigenvalue weighted by Crippen LogP contribution is -2.22. The van der Waals surface area contributed by atoms with E-state index >= 15 is 0 Å². The van der Waals surface area contributed by atoms with Crippen molar-refractivity contribution in [2.24, 2.45) is 0 Å². The second-order valence-corrected chi connectivity index (χ2v) is 4.65. The Morgan fingerprint density at radius 2 is 2.09 bits per heavy atom. The van der Waals surface area contributed by atoms with Gasteiger partial charge in [-0.3, -0.25) is 9.89 Å². The van der Waals surface area contributed by atoms with Crippen LogP contribution in [0.3, 0.4) is 0 Å². The van der Waals surface area contributed by atoms with Crippen molar-refractivity contribution in [1.29, 1.82) is 0 Å². The SMILES string of the molecule is COc1ccc(C(=O)NCc2cc(-c3ccccc3)n[nH]2)o1. The number of carbonyl (C=O) groups is 1. The van der Waals surface area contributed by atoms with Gasteiger partial charge in [0.25, 0.3) is 11.9 Å². The second kappa shape index (κ2) is 6.17. The van der Waals surface area contributed by atoms with E-state index in [0.717, 1.165) is 17.0 Å². The zero-order chi connectivity index (χ0) is 15.4. The molecule has 2 heterocycles. The fourth-order valence-electron chi connectivity index (χ4n) is 2.02. The van der Waals surface area contributed by atoms with Crippen molar-refractivity contribution in [3.05, 3.63) is 60.0 Å². The summed E-state index contributed by atoms with van der Waals surface area (Å²) < 4.78 is 10.1. The van der Waals surface area contributed by atoms with Gasteiger partial charge in [0.05, 0.1) is 25.0 Å². The van der Waals surface area contributed by atoms with Crippen LogP contribution in [0.15, 0.2) is 52.9 Å². The highest BCUT2D eigenvalue weighted by molar-refractivity contribution is 5.91. The van der Waals surface area contributed by atoms with Gasteiger partial charge in [-0.1, -0.05) is 30.3 Å². The molecule has 0 unspecified atom stereocenters. The molecule has 0 aliphatic rings. The van der Waals surface area contributed by atoms with E-state index in [1.54, 1.807) is 12.1 Å². The van der Waals surface area contributed by atoms with E-state index in [1.807, 2.05) is 36.4 Å². The van der Waals surface area contributed by atoms with Gasteiger partial charge in [-0.2, -0.15) is 5.10 Å². The Morgan fingerprint density at radius 1 is 1.27 bits per heavy atom. The number of nitrogens with zero attached hydrogens (tertiary/aromatic N) is 1. The molecule has 0 spiro atoms. The van der Waals surface area contributed by atoms with Gasteiger partial charge in [0.2, 0.25) is 0 Å². The molecular formula is C16H15N3O3. The molecule has 112 valence electrons. The monoisotopic (exact) mass is 297 g/mol. The summed E-state index contributed by atoms with van der Waals surface area (Å²) in [6.45, 7) is 0.335. The quantitative estimate of drug-likeness (QED) is 0.758. The maximum Gasteiger partial charge on any atom is 0.287 e. The van der Waals surface area contributed by atoms with E-state index in [2.05, 4.69) is 15.5 Å². The highest BCUT2D eigenvalue weighted by Crippen LogP contribution is 2.17. The van der Waals surface area contributed by atoms with Crippen molar-refractivity contribution >= 4 is 5.91 Å². The third kappa shape index (κ3) is 3.01. The van der Waals surface area contributed by atoms with Crippen LogP contribution in [0.1, 0.15) is 16.2 Å². The number of aromatic amines is 1. The van der Waals surface area contributed by atoms with Gasteiger partial charge in [0.15, 0.2) is 5.76 Å². The minimum absolute atomic E-state index is 0.208. The first-order chi connectivity index (χ1) is 10.8. The number of aromatic nitrogens is 2. The number of furan rings is 1. The maximum atomic E-state index is 11.9. The number of ether oxygens (including phenoxy) is 1. The Kier molecular flexibility index (Phi) is 3.91. The van der Waals surface area contributed by atoms with Gasteiger partial charge in [-0.15, -0.1) is 0 Å². The zero-order valence-electron chi connectivity index (χ0n) is 12.0. The molecule has 3 rings (SSSR count). The first-order valence-electron chi connectivity index (χ1n) is 6.78. The third-order valence-corrected chi connectivity index (χ3v) is 3.15. The van der Waals surface area contributed by atoms with Crippen LogP contribution >= 0.6 is 0 Å². The fraction of sp³-hybridized carbons (Fsp3) is 0.125. The molecule has 1 aromatic carbocycles. The summed E-state index contributed by atoms with van der Waals surface area (Å²) in [5, 5.41) is 9.90. The van der Waals surface area contributed by atoms with Gasteiger partial charge in [0, 0.05) is 11.6 Å². The maximum absolute atomic E-state index is 11.9. The topological polar surface area (TPSA) is 80.1 Å². The van der Waals surface area contributed by atoms with Gasteiger partial charge >= 0.3 is 0 Å². The smallest absolute Gasteiger partial charge is 0.287 e. The molecule has 0 saturated carbocycles. The lowest BCUT2D eigenvalue weighted by atomic mass is 10.1. The molecule has 2 N–H and O–H groups in total.